The molecule has 0 aliphatic carbocycles. The molecule has 0 amide bonds. The fourth-order valence-corrected chi connectivity index (χ4v) is 2.25. The molecule has 0 aliphatic heterocycles. The molecule has 0 aromatic rings. The molecule has 0 radical (unpaired) electrons. The maximum atomic E-state index is 11.5. The Bertz CT molecular complexity index is 365. The van der Waals surface area contributed by atoms with Gasteiger partial charge in [-0.3, -0.25) is 4.79 Å². The van der Waals surface area contributed by atoms with Crippen molar-refractivity contribution >= 4 is 5.97 Å². The first-order valence-corrected chi connectivity index (χ1v) is 11.0. The van der Waals surface area contributed by atoms with Crippen molar-refractivity contribution in [3.63, 3.8) is 0 Å². The van der Waals surface area contributed by atoms with Gasteiger partial charge in [0.05, 0.1) is 79.3 Å². The van der Waals surface area contributed by atoms with Gasteiger partial charge in [-0.25, -0.2) is 0 Å². The van der Waals surface area contributed by atoms with Gasteiger partial charge in [-0.05, 0) is 6.42 Å². The van der Waals surface area contributed by atoms with Gasteiger partial charge in [-0.15, -0.1) is 6.58 Å². The van der Waals surface area contributed by atoms with Crippen LogP contribution in [0.5, 0.6) is 0 Å². The highest BCUT2D eigenvalue weighted by Gasteiger charge is 2.02. The van der Waals surface area contributed by atoms with Crippen LogP contribution in [0, 0.1) is 0 Å². The number of carbonyl (C=O) groups excluding carboxylic acids is 1. The molecule has 30 heavy (non-hydrogen) atoms. The first-order chi connectivity index (χ1) is 14.8. The van der Waals surface area contributed by atoms with Crippen LogP contribution in [0.15, 0.2) is 12.7 Å². The lowest BCUT2D eigenvalue weighted by atomic mass is 10.2. The average Bonchev–Trinajstić information content (AvgIpc) is 2.75. The van der Waals surface area contributed by atoms with Gasteiger partial charge in [0.2, 0.25) is 0 Å². The molecular formula is C22H42O8. The monoisotopic (exact) mass is 434 g/mol. The van der Waals surface area contributed by atoms with Crippen LogP contribution in [-0.2, 0) is 38.0 Å². The predicted octanol–water partition coefficient (Wildman–Crippen LogP) is 2.79. The maximum Gasteiger partial charge on any atom is 0.305 e. The zero-order chi connectivity index (χ0) is 22.0. The molecule has 0 fully saturated rings. The van der Waals surface area contributed by atoms with Crippen molar-refractivity contribution in [1.29, 1.82) is 0 Å². The normalized spacial score (nSPS) is 11.0. The van der Waals surface area contributed by atoms with Gasteiger partial charge in [0, 0.05) is 6.42 Å². The van der Waals surface area contributed by atoms with E-state index < -0.39 is 0 Å². The van der Waals surface area contributed by atoms with E-state index in [0.29, 0.717) is 92.3 Å². The Kier molecular flexibility index (Phi) is 25.1. The summed E-state index contributed by atoms with van der Waals surface area (Å²) >= 11 is 0. The third-order valence-corrected chi connectivity index (χ3v) is 3.82. The first kappa shape index (κ1) is 29.0. The van der Waals surface area contributed by atoms with Gasteiger partial charge in [-0.2, -0.15) is 0 Å². The number of ether oxygens (including phenoxy) is 7. The second kappa shape index (κ2) is 26.0. The van der Waals surface area contributed by atoms with Crippen molar-refractivity contribution < 1.29 is 38.0 Å². The fraction of sp³-hybridized carbons (Fsp3) is 0.864. The summed E-state index contributed by atoms with van der Waals surface area (Å²) in [7, 11) is 0. The highest BCUT2D eigenvalue weighted by molar-refractivity contribution is 5.69. The summed E-state index contributed by atoms with van der Waals surface area (Å²) in [5.74, 6) is -0.145. The summed E-state index contributed by atoms with van der Waals surface area (Å²) < 4.78 is 37.2. The van der Waals surface area contributed by atoms with Crippen LogP contribution in [0.3, 0.4) is 0 Å². The van der Waals surface area contributed by atoms with E-state index in [1.54, 1.807) is 6.08 Å². The first-order valence-electron chi connectivity index (χ1n) is 11.0. The van der Waals surface area contributed by atoms with Crippen molar-refractivity contribution in [3.8, 4) is 0 Å². The van der Waals surface area contributed by atoms with Crippen molar-refractivity contribution in [2.24, 2.45) is 0 Å². The van der Waals surface area contributed by atoms with Crippen LogP contribution in [0.2, 0.25) is 0 Å². The Hall–Kier alpha value is -1.03. The number of carbonyl (C=O) groups is 1. The summed E-state index contributed by atoms with van der Waals surface area (Å²) in [4.78, 5) is 11.5. The largest absolute Gasteiger partial charge is 0.463 e. The second-order valence-corrected chi connectivity index (χ2v) is 6.46. The molecule has 8 heteroatoms. The smallest absolute Gasteiger partial charge is 0.305 e. The minimum Gasteiger partial charge on any atom is -0.463 e. The van der Waals surface area contributed by atoms with Crippen LogP contribution >= 0.6 is 0 Å². The minimum absolute atomic E-state index is 0.145. The van der Waals surface area contributed by atoms with Crippen molar-refractivity contribution in [1.82, 2.24) is 0 Å². The minimum atomic E-state index is -0.145. The highest BCUT2D eigenvalue weighted by atomic mass is 16.6. The SMILES string of the molecule is C=CCOCCOCCOCCOCCOCCOCCOC(=O)CCCCCC. The number of unbranched alkanes of at least 4 members (excludes halogenated alkanes) is 3. The van der Waals surface area contributed by atoms with Crippen LogP contribution in [0.25, 0.3) is 0 Å². The number of esters is 1. The second-order valence-electron chi connectivity index (χ2n) is 6.46. The number of hydrogen-bond acceptors (Lipinski definition) is 8. The molecule has 0 spiro atoms. The molecule has 0 heterocycles. The lowest BCUT2D eigenvalue weighted by Gasteiger charge is -2.08. The zero-order valence-electron chi connectivity index (χ0n) is 18.8. The summed E-state index contributed by atoms with van der Waals surface area (Å²) in [5, 5.41) is 0. The fourth-order valence-electron chi connectivity index (χ4n) is 2.25. The molecule has 8 nitrogen and oxygen atoms in total. The third-order valence-electron chi connectivity index (χ3n) is 3.82. The van der Waals surface area contributed by atoms with Gasteiger partial charge in [0.1, 0.15) is 6.61 Å². The lowest BCUT2D eigenvalue weighted by Crippen LogP contribution is -2.15. The molecular weight excluding hydrogens is 392 g/mol. The molecule has 178 valence electrons. The summed E-state index contributed by atoms with van der Waals surface area (Å²) in [6.45, 7) is 12.2. The van der Waals surface area contributed by atoms with Crippen molar-refractivity contribution in [2.75, 3.05) is 85.9 Å². The van der Waals surface area contributed by atoms with E-state index >= 15 is 0 Å². The van der Waals surface area contributed by atoms with Gasteiger partial charge in [-0.1, -0.05) is 32.3 Å². The maximum absolute atomic E-state index is 11.5. The standard InChI is InChI=1S/C22H42O8/c1-3-5-6-7-8-22(23)30-21-20-29-19-18-28-17-16-27-15-14-26-13-12-25-11-10-24-9-4-2/h4H,2-3,5-21H2,1H3. The van der Waals surface area contributed by atoms with Gasteiger partial charge in [0.15, 0.2) is 0 Å². The average molecular weight is 435 g/mol. The molecule has 0 atom stereocenters. The molecule has 0 bridgehead atoms. The molecule has 0 N–H and O–H groups in total. The third kappa shape index (κ3) is 25.0. The van der Waals surface area contributed by atoms with E-state index in [4.69, 9.17) is 33.2 Å². The van der Waals surface area contributed by atoms with Gasteiger partial charge >= 0.3 is 5.97 Å². The molecule has 0 saturated carbocycles. The molecule has 0 aromatic heterocycles. The van der Waals surface area contributed by atoms with E-state index in [2.05, 4.69) is 13.5 Å². The van der Waals surface area contributed by atoms with E-state index in [9.17, 15) is 4.79 Å². The van der Waals surface area contributed by atoms with E-state index in [0.717, 1.165) is 25.7 Å². The molecule has 0 saturated heterocycles. The summed E-state index contributed by atoms with van der Waals surface area (Å²) in [6, 6.07) is 0. The van der Waals surface area contributed by atoms with Crippen molar-refractivity contribution in [2.45, 2.75) is 39.0 Å². The molecule has 0 unspecified atom stereocenters. The van der Waals surface area contributed by atoms with Gasteiger partial charge < -0.3 is 33.2 Å². The highest BCUT2D eigenvalue weighted by Crippen LogP contribution is 2.03. The molecule has 0 aromatic carbocycles. The Morgan fingerprint density at radius 3 is 1.50 bits per heavy atom. The van der Waals surface area contributed by atoms with Gasteiger partial charge in [0.25, 0.3) is 0 Å². The van der Waals surface area contributed by atoms with Crippen molar-refractivity contribution in [3.05, 3.63) is 12.7 Å². The number of hydrogen-bond donors (Lipinski definition) is 0. The predicted molar refractivity (Wildman–Crippen MR) is 115 cm³/mol. The Labute approximate surface area is 182 Å². The Balaban J connectivity index is 3.08. The molecule has 0 aliphatic rings. The van der Waals surface area contributed by atoms with E-state index in [1.807, 2.05) is 0 Å². The lowest BCUT2D eigenvalue weighted by molar-refractivity contribution is -0.145. The van der Waals surface area contributed by atoms with E-state index in [1.165, 1.54) is 0 Å². The van der Waals surface area contributed by atoms with Crippen LogP contribution < -0.4 is 0 Å². The quantitative estimate of drug-likeness (QED) is 0.123. The van der Waals surface area contributed by atoms with E-state index in [-0.39, 0.29) is 5.97 Å². The zero-order valence-corrected chi connectivity index (χ0v) is 18.8. The topological polar surface area (TPSA) is 81.7 Å². The summed E-state index contributed by atoms with van der Waals surface area (Å²) in [5.41, 5.74) is 0. The van der Waals surface area contributed by atoms with Crippen LogP contribution in [0.4, 0.5) is 0 Å². The van der Waals surface area contributed by atoms with Crippen LogP contribution in [-0.4, -0.2) is 91.9 Å². The van der Waals surface area contributed by atoms with Crippen LogP contribution in [0.1, 0.15) is 39.0 Å². The molecule has 0 rings (SSSR count). The Morgan fingerprint density at radius 2 is 1.07 bits per heavy atom. The number of rotatable bonds is 25. The summed E-state index contributed by atoms with van der Waals surface area (Å²) in [6.07, 6.45) is 6.51. The Morgan fingerprint density at radius 1 is 0.633 bits per heavy atom.